The fourth-order valence-electron chi connectivity index (χ4n) is 2.55. The van der Waals surface area contributed by atoms with Crippen LogP contribution in [0.3, 0.4) is 0 Å². The number of ether oxygens (including phenoxy) is 1. The summed E-state index contributed by atoms with van der Waals surface area (Å²) in [7, 11) is 0. The summed E-state index contributed by atoms with van der Waals surface area (Å²) in [6.45, 7) is 1.76. The van der Waals surface area contributed by atoms with E-state index in [1.807, 2.05) is 60.7 Å². The summed E-state index contributed by atoms with van der Waals surface area (Å²) < 4.78 is 5.92. The van der Waals surface area contributed by atoms with Gasteiger partial charge in [0.1, 0.15) is 11.5 Å². The second-order valence-electron chi connectivity index (χ2n) is 5.64. The van der Waals surface area contributed by atoms with Gasteiger partial charge in [0.2, 0.25) is 0 Å². The molecule has 126 valence electrons. The maximum Gasteiger partial charge on any atom is 0.277 e. The maximum absolute atomic E-state index is 12.5. The van der Waals surface area contributed by atoms with Gasteiger partial charge in [-0.05, 0) is 37.3 Å². The van der Waals surface area contributed by atoms with Crippen molar-refractivity contribution in [2.24, 2.45) is 0 Å². The summed E-state index contributed by atoms with van der Waals surface area (Å²) in [6, 6.07) is 24.9. The normalized spacial score (nSPS) is 11.6. The van der Waals surface area contributed by atoms with Gasteiger partial charge in [0.15, 0.2) is 0 Å². The van der Waals surface area contributed by atoms with Crippen LogP contribution in [0.1, 0.15) is 28.9 Å². The molecule has 3 aromatic rings. The molecule has 0 spiro atoms. The molecule has 1 amide bonds. The Bertz CT molecular complexity index is 834. The smallest absolute Gasteiger partial charge is 0.277 e. The highest BCUT2D eigenvalue weighted by molar-refractivity contribution is 5.93. The van der Waals surface area contributed by atoms with E-state index in [0.29, 0.717) is 17.1 Å². The van der Waals surface area contributed by atoms with Gasteiger partial charge in [-0.25, -0.2) is 5.06 Å². The number of hydrogen-bond acceptors (Lipinski definition) is 3. The number of carbonyl (C=O) groups excluding carboxylic acids is 1. The first-order valence-corrected chi connectivity index (χ1v) is 8.06. The molecule has 0 fully saturated rings. The second-order valence-corrected chi connectivity index (χ2v) is 5.64. The molecule has 4 heteroatoms. The Morgan fingerprint density at radius 1 is 0.880 bits per heavy atom. The third-order valence-electron chi connectivity index (χ3n) is 3.94. The second kappa shape index (κ2) is 7.64. The molecule has 4 nitrogen and oxygen atoms in total. The topological polar surface area (TPSA) is 49.8 Å². The predicted molar refractivity (Wildman–Crippen MR) is 95.8 cm³/mol. The van der Waals surface area contributed by atoms with Crippen molar-refractivity contribution < 1.29 is 14.7 Å². The molecule has 0 saturated heterocycles. The molecule has 0 heterocycles. The molecule has 0 aliphatic carbocycles. The minimum atomic E-state index is -0.562. The Morgan fingerprint density at radius 2 is 1.44 bits per heavy atom. The largest absolute Gasteiger partial charge is 0.457 e. The number of amides is 1. The molecule has 3 rings (SSSR count). The van der Waals surface area contributed by atoms with E-state index in [4.69, 9.17) is 4.74 Å². The van der Waals surface area contributed by atoms with Gasteiger partial charge in [-0.1, -0.05) is 54.6 Å². The molecule has 3 aromatic carbocycles. The zero-order valence-corrected chi connectivity index (χ0v) is 13.9. The Hall–Kier alpha value is -3.11. The minimum absolute atomic E-state index is 0.429. The van der Waals surface area contributed by atoms with Crippen molar-refractivity contribution in [3.05, 3.63) is 96.1 Å². The number of nitrogens with zero attached hydrogens (tertiary/aromatic N) is 1. The van der Waals surface area contributed by atoms with Crippen LogP contribution >= 0.6 is 0 Å². The molecule has 0 aromatic heterocycles. The summed E-state index contributed by atoms with van der Waals surface area (Å²) >= 11 is 0. The number of hydrogen-bond donors (Lipinski definition) is 1. The maximum atomic E-state index is 12.5. The molecule has 1 N–H and O–H groups in total. The molecular weight excluding hydrogens is 314 g/mol. The van der Waals surface area contributed by atoms with E-state index in [1.54, 1.807) is 31.2 Å². The average Bonchev–Trinajstić information content (AvgIpc) is 2.68. The lowest BCUT2D eigenvalue weighted by Crippen LogP contribution is -2.30. The van der Waals surface area contributed by atoms with Crippen molar-refractivity contribution in [1.29, 1.82) is 0 Å². The SMILES string of the molecule is CC(c1ccccc1Oc1ccccc1)N(O)C(=O)c1ccccc1. The number of carbonyl (C=O) groups is 1. The van der Waals surface area contributed by atoms with E-state index in [-0.39, 0.29) is 0 Å². The zero-order valence-electron chi connectivity index (χ0n) is 13.9. The monoisotopic (exact) mass is 333 g/mol. The average molecular weight is 333 g/mol. The molecule has 1 atom stereocenters. The van der Waals surface area contributed by atoms with Crippen molar-refractivity contribution >= 4 is 5.91 Å². The van der Waals surface area contributed by atoms with Crippen LogP contribution < -0.4 is 4.74 Å². The number of rotatable bonds is 5. The zero-order chi connectivity index (χ0) is 17.6. The van der Waals surface area contributed by atoms with Gasteiger partial charge >= 0.3 is 0 Å². The molecule has 0 aliphatic rings. The van der Waals surface area contributed by atoms with E-state index in [2.05, 4.69) is 0 Å². The first-order chi connectivity index (χ1) is 12.2. The molecule has 25 heavy (non-hydrogen) atoms. The lowest BCUT2D eigenvalue weighted by Gasteiger charge is -2.24. The number of hydroxylamine groups is 2. The van der Waals surface area contributed by atoms with E-state index in [0.717, 1.165) is 10.6 Å². The molecule has 0 saturated carbocycles. The minimum Gasteiger partial charge on any atom is -0.457 e. The van der Waals surface area contributed by atoms with Gasteiger partial charge in [0.05, 0.1) is 6.04 Å². The summed E-state index contributed by atoms with van der Waals surface area (Å²) in [5, 5.41) is 11.2. The summed E-state index contributed by atoms with van der Waals surface area (Å²) in [5.41, 5.74) is 1.15. The third-order valence-corrected chi connectivity index (χ3v) is 3.94. The Balaban J connectivity index is 1.84. The van der Waals surface area contributed by atoms with Crippen LogP contribution in [-0.4, -0.2) is 16.2 Å². The molecule has 0 radical (unpaired) electrons. The van der Waals surface area contributed by atoms with Gasteiger partial charge < -0.3 is 4.74 Å². The highest BCUT2D eigenvalue weighted by Gasteiger charge is 2.23. The van der Waals surface area contributed by atoms with E-state index < -0.39 is 11.9 Å². The predicted octanol–water partition coefficient (Wildman–Crippen LogP) is 5.07. The molecular formula is C21H19NO3. The third kappa shape index (κ3) is 3.87. The van der Waals surface area contributed by atoms with Crippen LogP contribution in [0.5, 0.6) is 11.5 Å². The lowest BCUT2D eigenvalue weighted by molar-refractivity contribution is -0.0857. The molecule has 0 bridgehead atoms. The lowest BCUT2D eigenvalue weighted by atomic mass is 10.1. The van der Waals surface area contributed by atoms with Crippen molar-refractivity contribution in [2.75, 3.05) is 0 Å². The van der Waals surface area contributed by atoms with Crippen LogP contribution in [0.4, 0.5) is 0 Å². The highest BCUT2D eigenvalue weighted by Crippen LogP contribution is 2.32. The first-order valence-electron chi connectivity index (χ1n) is 8.06. The number of para-hydroxylation sites is 2. The van der Waals surface area contributed by atoms with Crippen LogP contribution in [0.25, 0.3) is 0 Å². The Kier molecular flexibility index (Phi) is 5.11. The summed E-state index contributed by atoms with van der Waals surface area (Å²) in [5.74, 6) is 0.838. The Labute approximate surface area is 146 Å². The van der Waals surface area contributed by atoms with E-state index >= 15 is 0 Å². The van der Waals surface area contributed by atoms with Crippen LogP contribution in [0, 0.1) is 0 Å². The van der Waals surface area contributed by atoms with Crippen LogP contribution in [0.2, 0.25) is 0 Å². The van der Waals surface area contributed by atoms with Crippen molar-refractivity contribution in [3.8, 4) is 11.5 Å². The Morgan fingerprint density at radius 3 is 2.12 bits per heavy atom. The van der Waals surface area contributed by atoms with Crippen molar-refractivity contribution in [1.82, 2.24) is 5.06 Å². The fourth-order valence-corrected chi connectivity index (χ4v) is 2.55. The van der Waals surface area contributed by atoms with Crippen molar-refractivity contribution in [2.45, 2.75) is 13.0 Å². The molecule has 0 aliphatic heterocycles. The van der Waals surface area contributed by atoms with E-state index in [9.17, 15) is 10.0 Å². The van der Waals surface area contributed by atoms with Crippen LogP contribution in [0.15, 0.2) is 84.9 Å². The summed E-state index contributed by atoms with van der Waals surface area (Å²) in [4.78, 5) is 12.5. The van der Waals surface area contributed by atoms with Crippen molar-refractivity contribution in [3.63, 3.8) is 0 Å². The number of benzene rings is 3. The van der Waals surface area contributed by atoms with Crippen LogP contribution in [-0.2, 0) is 0 Å². The van der Waals surface area contributed by atoms with E-state index in [1.165, 1.54) is 0 Å². The summed E-state index contributed by atoms with van der Waals surface area (Å²) in [6.07, 6.45) is 0. The van der Waals surface area contributed by atoms with Gasteiger partial charge in [-0.15, -0.1) is 0 Å². The standard InChI is InChI=1S/C21H19NO3/c1-16(22(24)21(23)17-10-4-2-5-11-17)19-14-8-9-15-20(19)25-18-12-6-3-7-13-18/h2-16,24H,1H3. The quantitative estimate of drug-likeness (QED) is 0.524. The fraction of sp³-hybridized carbons (Fsp3) is 0.0952. The van der Waals surface area contributed by atoms with Gasteiger partial charge in [0, 0.05) is 11.1 Å². The van der Waals surface area contributed by atoms with Gasteiger partial charge in [-0.3, -0.25) is 10.0 Å². The molecule has 1 unspecified atom stereocenters. The van der Waals surface area contributed by atoms with Gasteiger partial charge in [0.25, 0.3) is 5.91 Å². The highest BCUT2D eigenvalue weighted by atomic mass is 16.5. The first kappa shape index (κ1) is 16.7. The van der Waals surface area contributed by atoms with Gasteiger partial charge in [-0.2, -0.15) is 0 Å².